The number of rotatable bonds is 0. The fraction of sp³-hybridized carbons (Fsp3) is 0. The third-order valence-electron chi connectivity index (χ3n) is 0. The van der Waals surface area contributed by atoms with E-state index in [1.54, 1.807) is 0 Å². The molecule has 80 valence electrons. The molecule has 0 bridgehead atoms. The van der Waals surface area contributed by atoms with Crippen LogP contribution in [0.15, 0.2) is 0 Å². The second kappa shape index (κ2) is 36.5. The Kier molecular flexibility index (Phi) is 97.6. The van der Waals surface area contributed by atoms with E-state index >= 15 is 0 Å². The third-order valence-corrected chi connectivity index (χ3v) is 0. The molecule has 0 rings (SSSR count). The van der Waals surface area contributed by atoms with Crippen molar-refractivity contribution in [2.24, 2.45) is 0 Å². The van der Waals surface area contributed by atoms with Crippen LogP contribution in [0.2, 0.25) is 0 Å². The first-order chi connectivity index (χ1) is 5.20. The normalized spacial score (nSPS) is 4.88. The maximum atomic E-state index is 8.61. The molecule has 0 heterocycles. The fourth-order valence-electron chi connectivity index (χ4n) is 0. The summed E-state index contributed by atoms with van der Waals surface area (Å²) in [6.07, 6.45) is 0. The van der Waals surface area contributed by atoms with Gasteiger partial charge in [-0.1, -0.05) is 0 Å². The summed E-state index contributed by atoms with van der Waals surface area (Å²) >= 11 is -12.9. The number of hydrogen-bond acceptors (Lipinski definition) is 9. The minimum atomic E-state index is -4.29. The van der Waals surface area contributed by atoms with Crippen LogP contribution in [0.4, 0.5) is 0 Å². The van der Waals surface area contributed by atoms with Gasteiger partial charge >= 0.3 is 130 Å². The third kappa shape index (κ3) is 296. The summed E-state index contributed by atoms with van der Waals surface area (Å²) in [5.74, 6) is 0. The molecule has 0 atom stereocenters. The van der Waals surface area contributed by atoms with Crippen LogP contribution >= 0.6 is 0 Å². The summed E-state index contributed by atoms with van der Waals surface area (Å²) in [7, 11) is 0. The molecule has 16 heteroatoms. The summed E-state index contributed by atoms with van der Waals surface area (Å²) in [5, 5.41) is 0. The number of hydrogen-bond donors (Lipinski definition) is 0. The summed E-state index contributed by atoms with van der Waals surface area (Å²) in [6, 6.07) is 0. The maximum absolute atomic E-state index is 8.61. The molecule has 0 saturated heterocycles. The van der Waals surface area contributed by atoms with Crippen LogP contribution in [0, 0.1) is 0 Å². The van der Waals surface area contributed by atoms with Gasteiger partial charge in [-0.15, -0.1) is 0 Å². The molecule has 16 heavy (non-hydrogen) atoms. The van der Waals surface area contributed by atoms with Crippen molar-refractivity contribution in [1.82, 2.24) is 0 Å². The van der Waals surface area contributed by atoms with Crippen molar-refractivity contribution in [2.45, 2.75) is 0 Å². The topological polar surface area (TPSA) is 190 Å². The van der Waals surface area contributed by atoms with Crippen LogP contribution in [-0.2, 0) is 120 Å². The first kappa shape index (κ1) is 42.7. The quantitative estimate of drug-likeness (QED) is 0.256. The Hall–Kier alpha value is 4.30. The molecule has 0 spiro atoms. The van der Waals surface area contributed by atoms with Gasteiger partial charge in [0.15, 0.2) is 0 Å². The van der Waals surface area contributed by atoms with Crippen molar-refractivity contribution in [2.75, 3.05) is 0 Å². The summed E-state index contributed by atoms with van der Waals surface area (Å²) in [5.41, 5.74) is 0. The van der Waals surface area contributed by atoms with Gasteiger partial charge in [-0.25, -0.2) is 0 Å². The first-order valence-electron chi connectivity index (χ1n) is 1.84. The summed E-state index contributed by atoms with van der Waals surface area (Å²) in [6.45, 7) is 0. The van der Waals surface area contributed by atoms with E-state index in [1.165, 1.54) is 0 Å². The van der Waals surface area contributed by atoms with Crippen LogP contribution in [0.1, 0.15) is 0 Å². The Morgan fingerprint density at radius 2 is 0.500 bits per heavy atom. The zero-order valence-electron chi connectivity index (χ0n) is 7.33. The van der Waals surface area contributed by atoms with E-state index in [4.69, 9.17) is 27.5 Å². The maximum Gasteiger partial charge on any atom is 0 e. The molecule has 0 N–H and O–H groups in total. The molecule has 0 radical (unpaired) electrons. The van der Waals surface area contributed by atoms with Gasteiger partial charge in [-0.3, -0.25) is 0 Å². The Labute approximate surface area is 170 Å². The molecule has 0 aliphatic rings. The van der Waals surface area contributed by atoms with Gasteiger partial charge in [0, 0.05) is 43.4 Å². The van der Waals surface area contributed by atoms with Gasteiger partial charge in [-0.2, -0.15) is 0 Å². The van der Waals surface area contributed by atoms with Crippen LogP contribution in [-0.4, -0.2) is 34.7 Å². The van der Waals surface area contributed by atoms with Crippen LogP contribution < -0.4 is 19.1 Å². The minimum Gasteiger partial charge on any atom is 0 e. The summed E-state index contributed by atoms with van der Waals surface area (Å²) < 4.78 is 77.5. The van der Waals surface area contributed by atoms with Gasteiger partial charge in [0.05, 0.1) is 0 Å². The molecule has 9 nitrogen and oxygen atoms in total. The molecule has 0 amide bonds. The zero-order valence-corrected chi connectivity index (χ0v) is 20.1. The van der Waals surface area contributed by atoms with Crippen molar-refractivity contribution < 1.29 is 139 Å². The average Bonchev–Trinajstić information content (AvgIpc) is 1.54. The minimum absolute atomic E-state index is 0. The zero-order chi connectivity index (χ0) is 10.7. The first-order valence-corrected chi connectivity index (χ1v) is 10.9. The van der Waals surface area contributed by atoms with Gasteiger partial charge in [0.2, 0.25) is 0 Å². The molecule has 0 fully saturated rings. The average molecular weight is 567 g/mol. The van der Waals surface area contributed by atoms with Crippen molar-refractivity contribution >= 4 is 34.7 Å². The molecular formula is Al2O9Ti2Zr3. The molecule has 0 aromatic rings. The van der Waals surface area contributed by atoms with Gasteiger partial charge in [0.1, 0.15) is 0 Å². The second-order valence-corrected chi connectivity index (χ2v) is 4.44. The fourth-order valence-corrected chi connectivity index (χ4v) is 0. The van der Waals surface area contributed by atoms with Crippen LogP contribution in [0.3, 0.4) is 0 Å². The Morgan fingerprint density at radius 3 is 0.500 bits per heavy atom. The van der Waals surface area contributed by atoms with Gasteiger partial charge in [-0.05, 0) is 0 Å². The summed E-state index contributed by atoms with van der Waals surface area (Å²) in [4.78, 5) is 0. The monoisotopic (exact) mass is 564 g/mol. The van der Waals surface area contributed by atoms with Crippen LogP contribution in [0.25, 0.3) is 0 Å². The SMILES string of the molecule is [Al+3].[Al+3].[O]=[Zr]([O-])[O-].[O]=[Zr]([O-])[O-].[O]=[Zr]([O-])[O-].[Ti].[Ti]. The molecule has 0 unspecified atom stereocenters. The Balaban J connectivity index is -0.0000000135. The molecule has 0 saturated carbocycles. The van der Waals surface area contributed by atoms with Crippen molar-refractivity contribution in [3.63, 3.8) is 0 Å². The van der Waals surface area contributed by atoms with E-state index < -0.39 is 67.9 Å². The van der Waals surface area contributed by atoms with E-state index in [2.05, 4.69) is 0 Å². The standard InChI is InChI=1S/2Al.9O.2Ti.3Zr/q2*+3;;;;6*-1;;;;;. The Morgan fingerprint density at radius 1 is 0.500 bits per heavy atom. The van der Waals surface area contributed by atoms with Crippen molar-refractivity contribution in [3.8, 4) is 0 Å². The second-order valence-electron chi connectivity index (χ2n) is 0.750. The van der Waals surface area contributed by atoms with E-state index in [1.807, 2.05) is 0 Å². The van der Waals surface area contributed by atoms with E-state index in [-0.39, 0.29) is 78.2 Å². The van der Waals surface area contributed by atoms with E-state index in [0.717, 1.165) is 0 Å². The molecule has 0 aliphatic carbocycles. The van der Waals surface area contributed by atoms with Crippen molar-refractivity contribution in [1.29, 1.82) is 0 Å². The predicted octanol–water partition coefficient (Wildman–Crippen LogP) is -8.26. The van der Waals surface area contributed by atoms with Gasteiger partial charge in [0.25, 0.3) is 0 Å². The molecular weight excluding hydrogens is 567 g/mol. The molecule has 0 aromatic heterocycles. The van der Waals surface area contributed by atoms with E-state index in [0.29, 0.717) is 0 Å². The largest absolute Gasteiger partial charge is 0 e. The van der Waals surface area contributed by atoms with Crippen LogP contribution in [0.5, 0.6) is 0 Å². The van der Waals surface area contributed by atoms with E-state index in [9.17, 15) is 0 Å². The molecule has 0 aromatic carbocycles. The predicted molar refractivity (Wildman–Crippen MR) is 13.6 cm³/mol. The molecule has 0 aliphatic heterocycles. The van der Waals surface area contributed by atoms with Gasteiger partial charge < -0.3 is 0 Å². The smallest absolute Gasteiger partial charge is 0 e. The van der Waals surface area contributed by atoms with Crippen molar-refractivity contribution in [3.05, 3.63) is 0 Å². The Bertz CT molecular complexity index is 124.